The van der Waals surface area contributed by atoms with Crippen LogP contribution in [0.25, 0.3) is 0 Å². The van der Waals surface area contributed by atoms with E-state index in [0.717, 1.165) is 6.42 Å². The van der Waals surface area contributed by atoms with Crippen LogP contribution in [0, 0.1) is 5.41 Å². The molecule has 3 N–H and O–H groups in total. The van der Waals surface area contributed by atoms with E-state index >= 15 is 0 Å². The minimum absolute atomic E-state index is 0.313. The largest absolute Gasteiger partial charge is 0.465 e. The molecule has 0 spiro atoms. The third-order valence-corrected chi connectivity index (χ3v) is 3.03. The lowest BCUT2D eigenvalue weighted by Crippen LogP contribution is -2.38. The van der Waals surface area contributed by atoms with Crippen LogP contribution < -0.4 is 11.2 Å². The van der Waals surface area contributed by atoms with E-state index in [4.69, 9.17) is 10.5 Å². The minimum atomic E-state index is -0.791. The number of allylic oxidation sites excluding steroid dienone is 1. The molecule has 1 saturated carbocycles. The van der Waals surface area contributed by atoms with E-state index in [1.165, 1.54) is 0 Å². The van der Waals surface area contributed by atoms with Crippen molar-refractivity contribution in [3.63, 3.8) is 0 Å². The highest BCUT2D eigenvalue weighted by Crippen LogP contribution is 2.40. The molecule has 100 valence electrons. The molecule has 0 bridgehead atoms. The maximum Gasteiger partial charge on any atom is 0.332 e. The molecule has 6 heteroatoms. The molecule has 0 aromatic rings. The molecular weight excluding hydrogens is 234 g/mol. The molecule has 0 aromatic carbocycles. The lowest BCUT2D eigenvalue weighted by atomic mass is 9.81. The molecule has 0 radical (unpaired) electrons. The zero-order chi connectivity index (χ0) is 13.6. The van der Waals surface area contributed by atoms with Gasteiger partial charge in [-0.2, -0.15) is 5.10 Å². The molecular formula is C12H19N3O3. The topological polar surface area (TPSA) is 93.8 Å². The number of hydrogen-bond acceptors (Lipinski definition) is 4. The maximum atomic E-state index is 12.1. The van der Waals surface area contributed by atoms with E-state index in [1.54, 1.807) is 13.0 Å². The van der Waals surface area contributed by atoms with Gasteiger partial charge in [-0.15, -0.1) is 6.58 Å². The van der Waals surface area contributed by atoms with Gasteiger partial charge in [0.2, 0.25) is 0 Å². The van der Waals surface area contributed by atoms with Crippen molar-refractivity contribution in [3.05, 3.63) is 12.7 Å². The second-order valence-corrected chi connectivity index (χ2v) is 4.18. The summed E-state index contributed by atoms with van der Waals surface area (Å²) in [6.45, 7) is 5.74. The Morgan fingerprint density at radius 3 is 2.94 bits per heavy atom. The quantitative estimate of drug-likeness (QED) is 0.439. The Bertz CT molecular complexity index is 379. The molecule has 0 heterocycles. The van der Waals surface area contributed by atoms with E-state index in [9.17, 15) is 9.59 Å². The Labute approximate surface area is 106 Å². The molecule has 0 aliphatic heterocycles. The fourth-order valence-corrected chi connectivity index (χ4v) is 2.27. The Hall–Kier alpha value is -1.85. The van der Waals surface area contributed by atoms with E-state index < -0.39 is 11.4 Å². The van der Waals surface area contributed by atoms with Crippen molar-refractivity contribution in [3.8, 4) is 0 Å². The van der Waals surface area contributed by atoms with Crippen LogP contribution in [0.3, 0.4) is 0 Å². The highest BCUT2D eigenvalue weighted by atomic mass is 16.5. The first-order chi connectivity index (χ1) is 8.56. The van der Waals surface area contributed by atoms with Gasteiger partial charge in [0.1, 0.15) is 5.41 Å². The summed E-state index contributed by atoms with van der Waals surface area (Å²) in [6.07, 6.45) is 4.24. The van der Waals surface area contributed by atoms with Gasteiger partial charge < -0.3 is 10.5 Å². The van der Waals surface area contributed by atoms with Crippen LogP contribution in [0.15, 0.2) is 17.8 Å². The SMILES string of the molecule is C=CCC1(C(=O)OCC)CCC/C1=N/NC(N)=O. The monoisotopic (exact) mass is 253 g/mol. The second-order valence-electron chi connectivity index (χ2n) is 4.18. The van der Waals surface area contributed by atoms with Gasteiger partial charge >= 0.3 is 12.0 Å². The summed E-state index contributed by atoms with van der Waals surface area (Å²) in [5, 5.41) is 3.94. The summed E-state index contributed by atoms with van der Waals surface area (Å²) in [6, 6.07) is -0.745. The number of nitrogens with one attached hydrogen (secondary N) is 1. The third-order valence-electron chi connectivity index (χ3n) is 3.03. The average molecular weight is 253 g/mol. The van der Waals surface area contributed by atoms with E-state index in [1.807, 2.05) is 0 Å². The molecule has 1 fully saturated rings. The third kappa shape index (κ3) is 2.88. The van der Waals surface area contributed by atoms with Crippen LogP contribution >= 0.6 is 0 Å². The minimum Gasteiger partial charge on any atom is -0.465 e. The fourth-order valence-electron chi connectivity index (χ4n) is 2.27. The van der Waals surface area contributed by atoms with Gasteiger partial charge in [0.05, 0.1) is 12.3 Å². The normalized spacial score (nSPS) is 24.8. The van der Waals surface area contributed by atoms with Gasteiger partial charge in [0, 0.05) is 0 Å². The zero-order valence-electron chi connectivity index (χ0n) is 10.6. The molecule has 1 atom stereocenters. The summed E-state index contributed by atoms with van der Waals surface area (Å²) >= 11 is 0. The van der Waals surface area contributed by atoms with Gasteiger partial charge in [-0.05, 0) is 32.6 Å². The Morgan fingerprint density at radius 1 is 1.67 bits per heavy atom. The van der Waals surface area contributed by atoms with E-state index in [-0.39, 0.29) is 5.97 Å². The van der Waals surface area contributed by atoms with Crippen molar-refractivity contribution in [2.75, 3.05) is 6.61 Å². The predicted molar refractivity (Wildman–Crippen MR) is 67.9 cm³/mol. The van der Waals surface area contributed by atoms with Gasteiger partial charge in [-0.25, -0.2) is 10.2 Å². The van der Waals surface area contributed by atoms with Crippen molar-refractivity contribution in [1.29, 1.82) is 0 Å². The Kier molecular flexibility index (Phi) is 4.88. The average Bonchev–Trinajstić information content (AvgIpc) is 2.71. The van der Waals surface area contributed by atoms with Gasteiger partial charge in [-0.1, -0.05) is 6.08 Å². The molecule has 0 aromatic heterocycles. The predicted octanol–water partition coefficient (Wildman–Crippen LogP) is 1.32. The smallest absolute Gasteiger partial charge is 0.332 e. The standard InChI is InChI=1S/C12H19N3O3/c1-3-7-12(10(16)18-4-2)8-5-6-9(12)14-15-11(13)17/h3H,1,4-8H2,2H3,(H3,13,15,17)/b14-9-. The number of carbonyl (C=O) groups is 2. The Balaban J connectivity index is 3.00. The number of hydrazone groups is 1. The molecule has 2 amide bonds. The number of primary amides is 1. The summed E-state index contributed by atoms with van der Waals surface area (Å²) < 4.78 is 5.11. The molecule has 0 saturated heterocycles. The van der Waals surface area contributed by atoms with Crippen molar-refractivity contribution in [1.82, 2.24) is 5.43 Å². The number of urea groups is 1. The van der Waals surface area contributed by atoms with E-state index in [2.05, 4.69) is 17.1 Å². The molecule has 18 heavy (non-hydrogen) atoms. The number of carbonyl (C=O) groups excluding carboxylic acids is 2. The van der Waals surface area contributed by atoms with Crippen molar-refractivity contribution >= 4 is 17.7 Å². The summed E-state index contributed by atoms with van der Waals surface area (Å²) in [4.78, 5) is 22.8. The summed E-state index contributed by atoms with van der Waals surface area (Å²) in [7, 11) is 0. The maximum absolute atomic E-state index is 12.1. The number of hydrogen-bond donors (Lipinski definition) is 2. The number of esters is 1. The molecule has 1 unspecified atom stereocenters. The van der Waals surface area contributed by atoms with E-state index in [0.29, 0.717) is 31.6 Å². The van der Waals surface area contributed by atoms with Crippen LogP contribution in [-0.2, 0) is 9.53 Å². The van der Waals surface area contributed by atoms with Crippen LogP contribution in [-0.4, -0.2) is 24.3 Å². The van der Waals surface area contributed by atoms with Crippen LogP contribution in [0.5, 0.6) is 0 Å². The zero-order valence-corrected chi connectivity index (χ0v) is 10.6. The van der Waals surface area contributed by atoms with Crippen LogP contribution in [0.1, 0.15) is 32.6 Å². The highest BCUT2D eigenvalue weighted by Gasteiger charge is 2.47. The first-order valence-corrected chi connectivity index (χ1v) is 5.97. The first-order valence-electron chi connectivity index (χ1n) is 5.97. The molecule has 6 nitrogen and oxygen atoms in total. The first kappa shape index (κ1) is 14.2. The Morgan fingerprint density at radius 2 is 2.39 bits per heavy atom. The van der Waals surface area contributed by atoms with Crippen LogP contribution in [0.4, 0.5) is 4.79 Å². The van der Waals surface area contributed by atoms with Crippen molar-refractivity contribution < 1.29 is 14.3 Å². The lowest BCUT2D eigenvalue weighted by molar-refractivity contribution is -0.151. The van der Waals surface area contributed by atoms with Crippen LogP contribution in [0.2, 0.25) is 0 Å². The fraction of sp³-hybridized carbons (Fsp3) is 0.583. The highest BCUT2D eigenvalue weighted by molar-refractivity contribution is 6.08. The number of amides is 2. The summed E-state index contributed by atoms with van der Waals surface area (Å²) in [5.41, 5.74) is 6.98. The second kappa shape index (κ2) is 6.18. The van der Waals surface area contributed by atoms with Crippen molar-refractivity contribution in [2.45, 2.75) is 32.6 Å². The number of nitrogens with zero attached hydrogens (tertiary/aromatic N) is 1. The van der Waals surface area contributed by atoms with Gasteiger partial charge in [0.25, 0.3) is 0 Å². The molecule has 1 aliphatic carbocycles. The number of ether oxygens (including phenoxy) is 1. The number of nitrogens with two attached hydrogens (primary N) is 1. The summed E-state index contributed by atoms with van der Waals surface area (Å²) in [5.74, 6) is -0.313. The van der Waals surface area contributed by atoms with Crippen molar-refractivity contribution in [2.24, 2.45) is 16.3 Å². The van der Waals surface area contributed by atoms with Gasteiger partial charge in [0.15, 0.2) is 0 Å². The van der Waals surface area contributed by atoms with Gasteiger partial charge in [-0.3, -0.25) is 4.79 Å². The molecule has 1 aliphatic rings. The molecule has 1 rings (SSSR count). The number of rotatable bonds is 5. The lowest BCUT2D eigenvalue weighted by Gasteiger charge is -2.25.